The molecule has 0 aromatic carbocycles. The average molecular weight is 152 g/mol. The van der Waals surface area contributed by atoms with E-state index in [4.69, 9.17) is 0 Å². The van der Waals surface area contributed by atoms with E-state index in [9.17, 15) is 5.11 Å². The van der Waals surface area contributed by atoms with E-state index in [1.54, 1.807) is 5.57 Å². The van der Waals surface area contributed by atoms with Crippen molar-refractivity contribution in [3.63, 3.8) is 0 Å². The normalized spacial score (nSPS) is 37.7. The second kappa shape index (κ2) is 2.98. The zero-order chi connectivity index (χ0) is 7.68. The van der Waals surface area contributed by atoms with Crippen molar-refractivity contribution in [1.29, 1.82) is 0 Å². The average Bonchev–Trinajstić information content (AvgIpc) is 2.04. The van der Waals surface area contributed by atoms with Crippen LogP contribution in [0.3, 0.4) is 0 Å². The third-order valence-electron chi connectivity index (χ3n) is 3.01. The van der Waals surface area contributed by atoms with Crippen LogP contribution in [0.25, 0.3) is 0 Å². The summed E-state index contributed by atoms with van der Waals surface area (Å²) in [6, 6.07) is 0. The summed E-state index contributed by atoms with van der Waals surface area (Å²) in [7, 11) is 0. The van der Waals surface area contributed by atoms with Crippen molar-refractivity contribution in [3.05, 3.63) is 11.6 Å². The van der Waals surface area contributed by atoms with Gasteiger partial charge in [0.2, 0.25) is 0 Å². The highest BCUT2D eigenvalue weighted by Gasteiger charge is 2.23. The lowest BCUT2D eigenvalue weighted by atomic mass is 9.77. The van der Waals surface area contributed by atoms with Crippen molar-refractivity contribution < 1.29 is 5.11 Å². The van der Waals surface area contributed by atoms with Gasteiger partial charge >= 0.3 is 0 Å². The third-order valence-corrected chi connectivity index (χ3v) is 3.01. The molecule has 1 unspecified atom stereocenters. The molecule has 0 amide bonds. The molecule has 0 bridgehead atoms. The predicted molar refractivity (Wildman–Crippen MR) is 45.3 cm³/mol. The fourth-order valence-electron chi connectivity index (χ4n) is 2.36. The largest absolute Gasteiger partial charge is 0.389 e. The summed E-state index contributed by atoms with van der Waals surface area (Å²) < 4.78 is 0. The summed E-state index contributed by atoms with van der Waals surface area (Å²) in [5, 5.41) is 9.37. The molecule has 0 heterocycles. The van der Waals surface area contributed by atoms with Crippen molar-refractivity contribution >= 4 is 0 Å². The Bertz CT molecular complexity index is 172. The Morgan fingerprint density at radius 3 is 3.00 bits per heavy atom. The minimum Gasteiger partial charge on any atom is -0.389 e. The molecule has 0 aliphatic heterocycles. The smallest absolute Gasteiger partial charge is 0.0723 e. The molecule has 2 aliphatic rings. The molecule has 62 valence electrons. The number of hydrogen-bond donors (Lipinski definition) is 1. The van der Waals surface area contributed by atoms with Crippen LogP contribution in [-0.4, -0.2) is 11.2 Å². The van der Waals surface area contributed by atoms with Gasteiger partial charge in [0.15, 0.2) is 0 Å². The van der Waals surface area contributed by atoms with Gasteiger partial charge in [-0.05, 0) is 38.0 Å². The van der Waals surface area contributed by atoms with Crippen LogP contribution < -0.4 is 0 Å². The van der Waals surface area contributed by atoms with Gasteiger partial charge in [0, 0.05) is 0 Å². The van der Waals surface area contributed by atoms with Gasteiger partial charge in [0.05, 0.1) is 6.10 Å². The number of hydrogen-bond acceptors (Lipinski definition) is 1. The van der Waals surface area contributed by atoms with Gasteiger partial charge in [0.1, 0.15) is 0 Å². The molecule has 0 aromatic rings. The molecule has 11 heavy (non-hydrogen) atoms. The zero-order valence-electron chi connectivity index (χ0n) is 6.92. The molecule has 0 spiro atoms. The van der Waals surface area contributed by atoms with E-state index in [-0.39, 0.29) is 6.10 Å². The van der Waals surface area contributed by atoms with E-state index < -0.39 is 0 Å². The molecule has 0 aromatic heterocycles. The van der Waals surface area contributed by atoms with Gasteiger partial charge in [-0.2, -0.15) is 0 Å². The van der Waals surface area contributed by atoms with Crippen LogP contribution in [0.2, 0.25) is 0 Å². The zero-order valence-corrected chi connectivity index (χ0v) is 6.92. The molecule has 0 saturated heterocycles. The van der Waals surface area contributed by atoms with Gasteiger partial charge in [-0.3, -0.25) is 0 Å². The van der Waals surface area contributed by atoms with Gasteiger partial charge in [0.25, 0.3) is 0 Å². The van der Waals surface area contributed by atoms with Crippen LogP contribution >= 0.6 is 0 Å². The van der Waals surface area contributed by atoms with Crippen molar-refractivity contribution in [2.24, 2.45) is 5.92 Å². The first-order chi connectivity index (χ1) is 5.36. The van der Waals surface area contributed by atoms with Crippen molar-refractivity contribution in [1.82, 2.24) is 0 Å². The molecule has 2 rings (SSSR count). The highest BCUT2D eigenvalue weighted by atomic mass is 16.3. The molecule has 1 heteroatoms. The molecular formula is C10H16O. The maximum Gasteiger partial charge on any atom is 0.0723 e. The number of aliphatic hydroxyl groups is 1. The van der Waals surface area contributed by atoms with Crippen molar-refractivity contribution in [3.8, 4) is 0 Å². The lowest BCUT2D eigenvalue weighted by molar-refractivity contribution is 0.184. The lowest BCUT2D eigenvalue weighted by Crippen LogP contribution is -2.20. The molecule has 0 radical (unpaired) electrons. The van der Waals surface area contributed by atoms with Crippen molar-refractivity contribution in [2.45, 2.75) is 44.6 Å². The summed E-state index contributed by atoms with van der Waals surface area (Å²) in [5.41, 5.74) is 1.55. The summed E-state index contributed by atoms with van der Waals surface area (Å²) in [6.07, 6.45) is 9.57. The SMILES string of the molecule is OC1C=C2CCCC[C@H]2CC1. The number of allylic oxidation sites excluding steroid dienone is 1. The second-order valence-corrected chi connectivity index (χ2v) is 3.83. The molecule has 2 atom stereocenters. The number of aliphatic hydroxyl groups excluding tert-OH is 1. The Hall–Kier alpha value is -0.300. The van der Waals surface area contributed by atoms with E-state index in [0.717, 1.165) is 12.3 Å². The van der Waals surface area contributed by atoms with Gasteiger partial charge < -0.3 is 5.11 Å². The molecule has 1 fully saturated rings. The quantitative estimate of drug-likeness (QED) is 0.528. The first-order valence-electron chi connectivity index (χ1n) is 4.75. The highest BCUT2D eigenvalue weighted by molar-refractivity contribution is 5.14. The third kappa shape index (κ3) is 1.48. The number of rotatable bonds is 0. The second-order valence-electron chi connectivity index (χ2n) is 3.83. The van der Waals surface area contributed by atoms with E-state index in [2.05, 4.69) is 6.08 Å². The minimum atomic E-state index is -0.126. The molecule has 1 saturated carbocycles. The maximum atomic E-state index is 9.37. The van der Waals surface area contributed by atoms with Gasteiger partial charge in [-0.15, -0.1) is 0 Å². The van der Waals surface area contributed by atoms with E-state index in [0.29, 0.717) is 0 Å². The summed E-state index contributed by atoms with van der Waals surface area (Å²) in [4.78, 5) is 0. The first-order valence-corrected chi connectivity index (χ1v) is 4.75. The highest BCUT2D eigenvalue weighted by Crippen LogP contribution is 2.36. The van der Waals surface area contributed by atoms with E-state index in [1.807, 2.05) is 0 Å². The van der Waals surface area contributed by atoms with E-state index >= 15 is 0 Å². The van der Waals surface area contributed by atoms with Crippen LogP contribution in [0.1, 0.15) is 38.5 Å². The Kier molecular flexibility index (Phi) is 1.99. The van der Waals surface area contributed by atoms with Crippen molar-refractivity contribution in [2.75, 3.05) is 0 Å². The Morgan fingerprint density at radius 1 is 1.18 bits per heavy atom. The Balaban J connectivity index is 2.10. The van der Waals surface area contributed by atoms with Crippen LogP contribution in [0.5, 0.6) is 0 Å². The standard InChI is InChI=1S/C10H16O/c11-10-6-5-8-3-1-2-4-9(8)7-10/h7-8,10-11H,1-6H2/t8-,10?/m0/s1. The number of fused-ring (bicyclic) bond motifs is 1. The van der Waals surface area contributed by atoms with Crippen LogP contribution in [0.15, 0.2) is 11.6 Å². The van der Waals surface area contributed by atoms with Gasteiger partial charge in [-0.1, -0.05) is 18.1 Å². The van der Waals surface area contributed by atoms with Crippen LogP contribution in [0.4, 0.5) is 0 Å². The summed E-state index contributed by atoms with van der Waals surface area (Å²) >= 11 is 0. The van der Waals surface area contributed by atoms with E-state index in [1.165, 1.54) is 32.1 Å². The molecule has 2 aliphatic carbocycles. The fraction of sp³-hybridized carbons (Fsp3) is 0.800. The van der Waals surface area contributed by atoms with Crippen LogP contribution in [0, 0.1) is 5.92 Å². The minimum absolute atomic E-state index is 0.126. The summed E-state index contributed by atoms with van der Waals surface area (Å²) in [5.74, 6) is 0.840. The maximum absolute atomic E-state index is 9.37. The first kappa shape index (κ1) is 7.35. The Morgan fingerprint density at radius 2 is 2.09 bits per heavy atom. The Labute approximate surface area is 68.1 Å². The monoisotopic (exact) mass is 152 g/mol. The molecule has 1 nitrogen and oxygen atoms in total. The summed E-state index contributed by atoms with van der Waals surface area (Å²) in [6.45, 7) is 0. The fourth-order valence-corrected chi connectivity index (χ4v) is 2.36. The topological polar surface area (TPSA) is 20.2 Å². The predicted octanol–water partition coefficient (Wildman–Crippen LogP) is 2.26. The molecule has 1 N–H and O–H groups in total. The van der Waals surface area contributed by atoms with Gasteiger partial charge in [-0.25, -0.2) is 0 Å². The molecular weight excluding hydrogens is 136 g/mol. The lowest BCUT2D eigenvalue weighted by Gasteiger charge is -2.30. The van der Waals surface area contributed by atoms with Crippen LogP contribution in [-0.2, 0) is 0 Å².